The minimum absolute atomic E-state index is 0.0664. The molecule has 0 aliphatic carbocycles. The van der Waals surface area contributed by atoms with Crippen LogP contribution < -0.4 is 14.8 Å². The van der Waals surface area contributed by atoms with E-state index in [0.29, 0.717) is 30.9 Å². The summed E-state index contributed by atoms with van der Waals surface area (Å²) in [6.07, 6.45) is 1.73. The van der Waals surface area contributed by atoms with E-state index in [1.165, 1.54) is 13.2 Å². The molecular formula is C26H23ClFN5O3. The van der Waals surface area contributed by atoms with Crippen LogP contribution in [0.3, 0.4) is 0 Å². The van der Waals surface area contributed by atoms with Gasteiger partial charge in [0.25, 0.3) is 5.91 Å². The molecule has 0 bridgehead atoms. The first-order valence-corrected chi connectivity index (χ1v) is 12.0. The van der Waals surface area contributed by atoms with Crippen LogP contribution in [0.15, 0.2) is 42.6 Å². The molecule has 1 atom stereocenters. The number of aromatic nitrogens is 3. The number of methoxy groups -OCH3 is 1. The summed E-state index contributed by atoms with van der Waals surface area (Å²) in [5, 5.41) is 8.56. The van der Waals surface area contributed by atoms with E-state index < -0.39 is 5.82 Å². The molecular weight excluding hydrogens is 485 g/mol. The van der Waals surface area contributed by atoms with Crippen molar-refractivity contribution in [3.63, 3.8) is 0 Å². The Balaban J connectivity index is 1.70. The van der Waals surface area contributed by atoms with E-state index in [4.69, 9.17) is 26.1 Å². The number of carbonyl (C=O) groups is 1. The number of hydrogen-bond donors (Lipinski definition) is 1. The molecule has 36 heavy (non-hydrogen) atoms. The number of rotatable bonds is 3. The van der Waals surface area contributed by atoms with Crippen LogP contribution in [0.2, 0.25) is 5.02 Å². The highest BCUT2D eigenvalue weighted by molar-refractivity contribution is 6.35. The number of ether oxygens (including phenoxy) is 2. The van der Waals surface area contributed by atoms with E-state index in [1.807, 2.05) is 25.2 Å². The van der Waals surface area contributed by atoms with Gasteiger partial charge in [0.15, 0.2) is 5.75 Å². The average molecular weight is 508 g/mol. The molecule has 0 saturated carbocycles. The first-order chi connectivity index (χ1) is 17.5. The number of benzene rings is 2. The number of piperazine rings is 1. The highest BCUT2D eigenvalue weighted by Gasteiger charge is 2.38. The largest absolute Gasteiger partial charge is 0.496 e. The highest BCUT2D eigenvalue weighted by atomic mass is 35.5. The fourth-order valence-electron chi connectivity index (χ4n) is 5.02. The molecule has 1 fully saturated rings. The maximum absolute atomic E-state index is 15.2. The Labute approximate surface area is 211 Å². The van der Waals surface area contributed by atoms with Gasteiger partial charge in [-0.05, 0) is 18.2 Å². The fraction of sp³-hybridized carbons (Fsp3) is 0.269. The number of aryl methyl sites for hydroxylation is 1. The maximum Gasteiger partial charge on any atom is 0.260 e. The van der Waals surface area contributed by atoms with Crippen LogP contribution in [0, 0.1) is 5.82 Å². The van der Waals surface area contributed by atoms with Crippen LogP contribution in [0.1, 0.15) is 10.4 Å². The lowest BCUT2D eigenvalue weighted by Gasteiger charge is -2.34. The Bertz CT molecular complexity index is 1520. The van der Waals surface area contributed by atoms with E-state index >= 15 is 4.39 Å². The molecule has 2 aromatic carbocycles. The zero-order valence-electron chi connectivity index (χ0n) is 19.7. The maximum atomic E-state index is 15.2. The Morgan fingerprint density at radius 1 is 1.19 bits per heavy atom. The Kier molecular flexibility index (Phi) is 5.54. The van der Waals surface area contributed by atoms with Crippen molar-refractivity contribution >= 4 is 28.4 Å². The van der Waals surface area contributed by atoms with Gasteiger partial charge in [0, 0.05) is 37.6 Å². The fourth-order valence-corrected chi connectivity index (χ4v) is 5.31. The number of carbonyl (C=O) groups excluding carboxylic acids is 1. The minimum atomic E-state index is -0.546. The second-order valence-electron chi connectivity index (χ2n) is 8.82. The standard InChI is InChI=1S/C26H23ClFN5O3/c1-32-18-7-3-5-15(16(18)12-30-32)23-21-25(36-13-14-11-29-9-10-33(14)26(21)34)22(27)24(31-23)20-17(28)6-4-8-19(20)35-2/h3-8,12,14,29H,9-11,13H2,1-2H3. The van der Waals surface area contributed by atoms with Gasteiger partial charge in [-0.25, -0.2) is 9.37 Å². The molecule has 2 aliphatic heterocycles. The lowest BCUT2D eigenvalue weighted by atomic mass is 9.98. The van der Waals surface area contributed by atoms with E-state index in [9.17, 15) is 4.79 Å². The van der Waals surface area contributed by atoms with Crippen LogP contribution in [-0.4, -0.2) is 65.0 Å². The van der Waals surface area contributed by atoms with Gasteiger partial charge in [-0.3, -0.25) is 9.48 Å². The number of nitrogens with zero attached hydrogens (tertiary/aromatic N) is 4. The van der Waals surface area contributed by atoms with Crippen LogP contribution in [0.25, 0.3) is 33.4 Å². The first kappa shape index (κ1) is 22.8. The zero-order valence-corrected chi connectivity index (χ0v) is 20.5. The van der Waals surface area contributed by atoms with Crippen molar-refractivity contribution in [1.82, 2.24) is 25.0 Å². The molecule has 1 saturated heterocycles. The van der Waals surface area contributed by atoms with E-state index in [-0.39, 0.29) is 51.9 Å². The SMILES string of the molecule is COc1cccc(F)c1-c1nc(-c2cccc3c2cnn3C)c2c(c1Cl)OCC1CNCCN1C2=O. The molecule has 4 heterocycles. The van der Waals surface area contributed by atoms with E-state index in [0.717, 1.165) is 10.9 Å². The van der Waals surface area contributed by atoms with Gasteiger partial charge in [0.05, 0.1) is 36.1 Å². The number of hydrogen-bond acceptors (Lipinski definition) is 6. The monoisotopic (exact) mass is 507 g/mol. The summed E-state index contributed by atoms with van der Waals surface area (Å²) in [6.45, 7) is 2.06. The summed E-state index contributed by atoms with van der Waals surface area (Å²) < 4.78 is 28.6. The number of fused-ring (bicyclic) bond motifs is 3. The molecule has 184 valence electrons. The molecule has 8 nitrogen and oxygen atoms in total. The second kappa shape index (κ2) is 8.76. The Morgan fingerprint density at radius 2 is 2.03 bits per heavy atom. The molecule has 1 unspecified atom stereocenters. The van der Waals surface area contributed by atoms with Crippen LogP contribution >= 0.6 is 11.6 Å². The smallest absolute Gasteiger partial charge is 0.260 e. The molecule has 1 N–H and O–H groups in total. The van der Waals surface area contributed by atoms with Gasteiger partial charge in [0.2, 0.25) is 0 Å². The Morgan fingerprint density at radius 3 is 2.86 bits per heavy atom. The van der Waals surface area contributed by atoms with Gasteiger partial charge in [-0.15, -0.1) is 0 Å². The number of amides is 1. The molecule has 0 spiro atoms. The number of halogens is 2. The normalized spacial score (nSPS) is 17.4. The van der Waals surface area contributed by atoms with Gasteiger partial charge in [0.1, 0.15) is 34.5 Å². The third-order valence-corrected chi connectivity index (χ3v) is 7.17. The van der Waals surface area contributed by atoms with Crippen molar-refractivity contribution in [1.29, 1.82) is 0 Å². The van der Waals surface area contributed by atoms with E-state index in [1.54, 1.807) is 27.9 Å². The highest BCUT2D eigenvalue weighted by Crippen LogP contribution is 2.46. The molecule has 0 radical (unpaired) electrons. The van der Waals surface area contributed by atoms with Crippen LogP contribution in [-0.2, 0) is 7.05 Å². The van der Waals surface area contributed by atoms with Crippen molar-refractivity contribution in [2.75, 3.05) is 33.4 Å². The lowest BCUT2D eigenvalue weighted by Crippen LogP contribution is -2.54. The number of pyridine rings is 1. The van der Waals surface area contributed by atoms with Crippen LogP contribution in [0.5, 0.6) is 11.5 Å². The summed E-state index contributed by atoms with van der Waals surface area (Å²) in [5.74, 6) is -0.291. The average Bonchev–Trinajstić information content (AvgIpc) is 3.21. The van der Waals surface area contributed by atoms with Crippen molar-refractivity contribution in [3.8, 4) is 34.0 Å². The third-order valence-electron chi connectivity index (χ3n) is 6.82. The summed E-state index contributed by atoms with van der Waals surface area (Å²) in [5.41, 5.74) is 2.41. The predicted molar refractivity (Wildman–Crippen MR) is 134 cm³/mol. The van der Waals surface area contributed by atoms with Gasteiger partial charge < -0.3 is 19.7 Å². The van der Waals surface area contributed by atoms with Gasteiger partial charge in [-0.2, -0.15) is 5.10 Å². The zero-order chi connectivity index (χ0) is 25.0. The van der Waals surface area contributed by atoms with Crippen molar-refractivity contribution < 1.29 is 18.7 Å². The predicted octanol–water partition coefficient (Wildman–Crippen LogP) is 3.91. The summed E-state index contributed by atoms with van der Waals surface area (Å²) >= 11 is 6.87. The van der Waals surface area contributed by atoms with Gasteiger partial charge >= 0.3 is 0 Å². The second-order valence-corrected chi connectivity index (χ2v) is 9.20. The molecule has 10 heteroatoms. The van der Waals surface area contributed by atoms with E-state index in [2.05, 4.69) is 10.4 Å². The third kappa shape index (κ3) is 3.42. The molecule has 4 aromatic rings. The van der Waals surface area contributed by atoms with Crippen molar-refractivity contribution in [3.05, 3.63) is 59.0 Å². The Hall–Kier alpha value is -3.69. The quantitative estimate of drug-likeness (QED) is 0.453. The summed E-state index contributed by atoms with van der Waals surface area (Å²) in [7, 11) is 3.30. The minimum Gasteiger partial charge on any atom is -0.496 e. The molecule has 1 amide bonds. The first-order valence-electron chi connectivity index (χ1n) is 11.6. The number of nitrogens with one attached hydrogen (secondary N) is 1. The van der Waals surface area contributed by atoms with Crippen molar-refractivity contribution in [2.45, 2.75) is 6.04 Å². The van der Waals surface area contributed by atoms with Crippen molar-refractivity contribution in [2.24, 2.45) is 7.05 Å². The summed E-state index contributed by atoms with van der Waals surface area (Å²) in [4.78, 5) is 20.7. The lowest BCUT2D eigenvalue weighted by molar-refractivity contribution is 0.0607. The summed E-state index contributed by atoms with van der Waals surface area (Å²) in [6, 6.07) is 10.0. The van der Waals surface area contributed by atoms with Gasteiger partial charge in [-0.1, -0.05) is 29.8 Å². The molecule has 2 aliphatic rings. The topological polar surface area (TPSA) is 81.5 Å². The molecule has 6 rings (SSSR count). The molecule has 2 aromatic heterocycles. The van der Waals surface area contributed by atoms with Crippen LogP contribution in [0.4, 0.5) is 4.39 Å².